The van der Waals surface area contributed by atoms with Crippen molar-refractivity contribution in [3.63, 3.8) is 0 Å². The monoisotopic (exact) mass is 319 g/mol. The Kier molecular flexibility index (Phi) is 7.59. The number of hydrogen-bond donors (Lipinski definition) is 1. The van der Waals surface area contributed by atoms with Crippen LogP contribution in [0, 0.1) is 0 Å². The summed E-state index contributed by atoms with van der Waals surface area (Å²) in [5.41, 5.74) is 1.19. The van der Waals surface area contributed by atoms with E-state index in [0.717, 1.165) is 17.3 Å². The molecule has 1 rings (SSSR count). The van der Waals surface area contributed by atoms with Gasteiger partial charge in [-0.15, -0.1) is 0 Å². The molecule has 0 atom stereocenters. The molecule has 1 N–H and O–H groups in total. The predicted octanol–water partition coefficient (Wildman–Crippen LogP) is 4.06. The van der Waals surface area contributed by atoms with Gasteiger partial charge in [-0.05, 0) is 24.5 Å². The maximum atomic E-state index is 11.3. The number of carbonyl (C=O) groups is 1. The van der Waals surface area contributed by atoms with E-state index in [-0.39, 0.29) is 5.91 Å². The van der Waals surface area contributed by atoms with Gasteiger partial charge in [0.1, 0.15) is 0 Å². The minimum Gasteiger partial charge on any atom is -0.348 e. The fourth-order valence-corrected chi connectivity index (χ4v) is 1.55. The fraction of sp³-hybridized carbons (Fsp3) is 0.188. The predicted molar refractivity (Wildman–Crippen MR) is 84.9 cm³/mol. The number of unbranched alkanes of at least 4 members (excludes halogenated alkanes) is 1. The second-order valence-corrected chi connectivity index (χ2v) is 5.15. The van der Waals surface area contributed by atoms with E-state index in [0.29, 0.717) is 6.54 Å². The van der Waals surface area contributed by atoms with Crippen LogP contribution in [-0.2, 0) is 4.79 Å². The minimum atomic E-state index is -0.0901. The highest BCUT2D eigenvalue weighted by Crippen LogP contribution is 2.03. The Hall–Kier alpha value is -1.61. The van der Waals surface area contributed by atoms with E-state index in [9.17, 15) is 4.79 Å². The first kappa shape index (κ1) is 15.4. The van der Waals surface area contributed by atoms with Crippen LogP contribution in [0.15, 0.2) is 59.6 Å². The lowest BCUT2D eigenvalue weighted by Crippen LogP contribution is -2.21. The molecule has 0 fully saturated rings. The Morgan fingerprint density at radius 3 is 2.58 bits per heavy atom. The van der Waals surface area contributed by atoms with Crippen molar-refractivity contribution in [2.24, 2.45) is 0 Å². The zero-order valence-corrected chi connectivity index (χ0v) is 12.4. The summed E-state index contributed by atoms with van der Waals surface area (Å²) in [5, 5.41) is 2.71. The van der Waals surface area contributed by atoms with E-state index in [4.69, 9.17) is 0 Å². The molecule has 0 saturated carbocycles. The topological polar surface area (TPSA) is 29.1 Å². The van der Waals surface area contributed by atoms with Crippen LogP contribution in [0.1, 0.15) is 18.4 Å². The van der Waals surface area contributed by atoms with E-state index in [1.807, 2.05) is 24.3 Å². The first-order chi connectivity index (χ1) is 9.18. The molecule has 19 heavy (non-hydrogen) atoms. The van der Waals surface area contributed by atoms with Crippen molar-refractivity contribution in [1.82, 2.24) is 5.32 Å². The molecule has 3 heteroatoms. The van der Waals surface area contributed by atoms with Gasteiger partial charge >= 0.3 is 0 Å². The van der Waals surface area contributed by atoms with E-state index in [2.05, 4.69) is 52.1 Å². The number of nitrogens with one attached hydrogen (secondary N) is 1. The first-order valence-electron chi connectivity index (χ1n) is 6.17. The minimum absolute atomic E-state index is 0.0901. The molecule has 0 aliphatic carbocycles. The highest BCUT2D eigenvalue weighted by molar-refractivity contribution is 9.11. The Bertz CT molecular complexity index is 463. The van der Waals surface area contributed by atoms with Gasteiger partial charge in [0.05, 0.1) is 0 Å². The van der Waals surface area contributed by atoms with Gasteiger partial charge in [-0.2, -0.15) is 0 Å². The van der Waals surface area contributed by atoms with Crippen molar-refractivity contribution in [3.05, 3.63) is 65.2 Å². The third-order valence-electron chi connectivity index (χ3n) is 2.33. The largest absolute Gasteiger partial charge is 0.348 e. The lowest BCUT2D eigenvalue weighted by molar-refractivity contribution is -0.116. The van der Waals surface area contributed by atoms with E-state index in [1.165, 1.54) is 5.56 Å². The lowest BCUT2D eigenvalue weighted by Gasteiger charge is -1.98. The summed E-state index contributed by atoms with van der Waals surface area (Å²) in [5.74, 6) is -0.0901. The molecule has 1 aromatic rings. The normalized spacial score (nSPS) is 11.0. The summed E-state index contributed by atoms with van der Waals surface area (Å²) < 4.78 is 0.764. The molecule has 0 unspecified atom stereocenters. The Morgan fingerprint density at radius 2 is 1.89 bits per heavy atom. The van der Waals surface area contributed by atoms with Crippen molar-refractivity contribution in [2.75, 3.05) is 6.54 Å². The third-order valence-corrected chi connectivity index (χ3v) is 2.61. The van der Waals surface area contributed by atoms with Crippen molar-refractivity contribution >= 4 is 27.9 Å². The van der Waals surface area contributed by atoms with Gasteiger partial charge in [0.25, 0.3) is 0 Å². The van der Waals surface area contributed by atoms with Crippen LogP contribution < -0.4 is 5.32 Å². The molecular weight excluding hydrogens is 302 g/mol. The van der Waals surface area contributed by atoms with Crippen molar-refractivity contribution in [3.8, 4) is 0 Å². The van der Waals surface area contributed by atoms with Gasteiger partial charge in [-0.25, -0.2) is 0 Å². The van der Waals surface area contributed by atoms with Crippen LogP contribution in [0.5, 0.6) is 0 Å². The Balaban J connectivity index is 2.18. The number of benzene rings is 1. The number of carbonyl (C=O) groups excluding carboxylic acids is 1. The van der Waals surface area contributed by atoms with E-state index in [1.54, 1.807) is 6.08 Å². The second kappa shape index (κ2) is 9.34. The second-order valence-electron chi connectivity index (χ2n) is 4.03. The highest BCUT2D eigenvalue weighted by atomic mass is 79.9. The number of amides is 1. The molecule has 0 bridgehead atoms. The zero-order chi connectivity index (χ0) is 13.9. The van der Waals surface area contributed by atoms with Gasteiger partial charge in [-0.3, -0.25) is 4.79 Å². The molecule has 1 amide bonds. The van der Waals surface area contributed by atoms with Gasteiger partial charge in [0, 0.05) is 11.0 Å². The molecule has 0 aliphatic rings. The summed E-state index contributed by atoms with van der Waals surface area (Å²) in [6.07, 6.45) is 9.41. The maximum absolute atomic E-state index is 11.3. The molecule has 0 spiro atoms. The Morgan fingerprint density at radius 1 is 1.21 bits per heavy atom. The molecule has 0 saturated heterocycles. The smallest absolute Gasteiger partial charge is 0.243 e. The summed E-state index contributed by atoms with van der Waals surface area (Å²) in [7, 11) is 0. The van der Waals surface area contributed by atoms with Gasteiger partial charge in [0.15, 0.2) is 0 Å². The molecule has 100 valence electrons. The van der Waals surface area contributed by atoms with Crippen LogP contribution in [0.25, 0.3) is 6.08 Å². The quantitative estimate of drug-likeness (QED) is 0.596. The zero-order valence-electron chi connectivity index (χ0n) is 10.8. The van der Waals surface area contributed by atoms with Crippen LogP contribution in [0.4, 0.5) is 0 Å². The average molecular weight is 320 g/mol. The summed E-state index contributed by atoms with van der Waals surface area (Å²) >= 11 is 3.19. The summed E-state index contributed by atoms with van der Waals surface area (Å²) in [6.45, 7) is 4.10. The molecule has 1 aromatic carbocycles. The van der Waals surface area contributed by atoms with Crippen LogP contribution in [0.3, 0.4) is 0 Å². The van der Waals surface area contributed by atoms with Crippen molar-refractivity contribution in [2.45, 2.75) is 12.8 Å². The maximum Gasteiger partial charge on any atom is 0.243 e. The standard InChI is InChI=1S/C16H18BrNO/c1-14(17)13-18-16(19)12-8-3-2-5-9-15-10-6-4-7-11-15/h4-12H,1-3,13H2,(H,18,19). The van der Waals surface area contributed by atoms with E-state index < -0.39 is 0 Å². The summed E-state index contributed by atoms with van der Waals surface area (Å²) in [6, 6.07) is 10.2. The SMILES string of the molecule is C=C(Br)CNC(=O)C=CCCC=Cc1ccccc1. The number of allylic oxidation sites excluding steroid dienone is 2. The van der Waals surface area contributed by atoms with Gasteiger partial charge < -0.3 is 5.32 Å². The molecule has 2 nitrogen and oxygen atoms in total. The van der Waals surface area contributed by atoms with Crippen LogP contribution >= 0.6 is 15.9 Å². The number of halogens is 1. The molecule has 0 radical (unpaired) electrons. The fourth-order valence-electron chi connectivity index (χ4n) is 1.41. The van der Waals surface area contributed by atoms with Gasteiger partial charge in [0.2, 0.25) is 5.91 Å². The molecule has 0 heterocycles. The first-order valence-corrected chi connectivity index (χ1v) is 6.97. The molecule has 0 aromatic heterocycles. The van der Waals surface area contributed by atoms with Crippen LogP contribution in [0.2, 0.25) is 0 Å². The third kappa shape index (κ3) is 8.16. The number of rotatable bonds is 7. The van der Waals surface area contributed by atoms with E-state index >= 15 is 0 Å². The molecule has 0 aliphatic heterocycles. The van der Waals surface area contributed by atoms with Crippen molar-refractivity contribution in [1.29, 1.82) is 0 Å². The van der Waals surface area contributed by atoms with Gasteiger partial charge in [-0.1, -0.05) is 71.1 Å². The van der Waals surface area contributed by atoms with Crippen LogP contribution in [-0.4, -0.2) is 12.5 Å². The highest BCUT2D eigenvalue weighted by Gasteiger charge is 1.93. The Labute approximate surface area is 123 Å². The average Bonchev–Trinajstić information content (AvgIpc) is 2.41. The summed E-state index contributed by atoms with van der Waals surface area (Å²) in [4.78, 5) is 11.3. The lowest BCUT2D eigenvalue weighted by atomic mass is 10.2. The molecular formula is C16H18BrNO. The number of hydrogen-bond acceptors (Lipinski definition) is 1. The van der Waals surface area contributed by atoms with Crippen molar-refractivity contribution < 1.29 is 4.79 Å².